The Kier molecular flexibility index (Phi) is 6.67. The second-order valence-corrected chi connectivity index (χ2v) is 3.17. The molecule has 0 radical (unpaired) electrons. The predicted octanol–water partition coefficient (Wildman–Crippen LogP) is 2.97. The minimum atomic E-state index is 0.514. The summed E-state index contributed by atoms with van der Waals surface area (Å²) < 4.78 is 0. The number of carbonyl (C=O) groups excluding carboxylic acids is 1. The van der Waals surface area contributed by atoms with Gasteiger partial charge in [-0.3, -0.25) is 4.79 Å². The van der Waals surface area contributed by atoms with Gasteiger partial charge in [-0.25, -0.2) is 0 Å². The number of allylic oxidation sites excluding steroid dienone is 13. The molecule has 2 nitrogen and oxygen atoms in total. The fourth-order valence-electron chi connectivity index (χ4n) is 1.06. The molecule has 0 aliphatic carbocycles. The first kappa shape index (κ1) is 12.7. The van der Waals surface area contributed by atoms with Crippen LogP contribution in [0.2, 0.25) is 0 Å². The number of nitrogens with one attached hydrogen (secondary N) is 1. The molecule has 0 aromatic carbocycles. The van der Waals surface area contributed by atoms with E-state index in [1.807, 2.05) is 60.8 Å². The number of hydrogen-bond donors (Lipinski definition) is 1. The second-order valence-electron chi connectivity index (χ2n) is 3.17. The molecule has 0 bridgehead atoms. The molecule has 0 amide bonds. The van der Waals surface area contributed by atoms with Crippen molar-refractivity contribution in [3.05, 3.63) is 84.8 Å². The van der Waals surface area contributed by atoms with Gasteiger partial charge in [-0.1, -0.05) is 60.8 Å². The van der Waals surface area contributed by atoms with Gasteiger partial charge in [0.15, 0.2) is 6.29 Å². The molecule has 0 aromatic heterocycles. The lowest BCUT2D eigenvalue weighted by molar-refractivity contribution is -0.105. The van der Waals surface area contributed by atoms with Crippen molar-refractivity contribution < 1.29 is 4.79 Å². The van der Waals surface area contributed by atoms with Crippen molar-refractivity contribution in [1.82, 2.24) is 5.32 Å². The maximum atomic E-state index is 10.7. The van der Waals surface area contributed by atoms with Crippen LogP contribution in [-0.4, -0.2) is 6.29 Å². The molecule has 1 aliphatic heterocycles. The third kappa shape index (κ3) is 6.68. The summed E-state index contributed by atoms with van der Waals surface area (Å²) >= 11 is 0. The van der Waals surface area contributed by atoms with Gasteiger partial charge in [-0.05, 0) is 12.2 Å². The first-order chi connectivity index (χ1) is 8.43. The number of hydrogen-bond acceptors (Lipinski definition) is 2. The van der Waals surface area contributed by atoms with Crippen LogP contribution in [0.25, 0.3) is 0 Å². The highest BCUT2D eigenvalue weighted by atomic mass is 16.1. The zero-order valence-corrected chi connectivity index (χ0v) is 9.49. The van der Waals surface area contributed by atoms with Crippen molar-refractivity contribution in [2.24, 2.45) is 0 Å². The van der Waals surface area contributed by atoms with Crippen LogP contribution in [0, 0.1) is 0 Å². The molecular weight excluding hydrogens is 210 g/mol. The molecule has 1 N–H and O–H groups in total. The third-order valence-electron chi connectivity index (χ3n) is 1.86. The normalized spacial score (nSPS) is 15.9. The molecular formula is C15H15NO. The van der Waals surface area contributed by atoms with Gasteiger partial charge < -0.3 is 5.32 Å². The maximum Gasteiger partial charge on any atom is 0.166 e. The lowest BCUT2D eigenvalue weighted by Gasteiger charge is -1.95. The van der Waals surface area contributed by atoms with Crippen LogP contribution in [-0.2, 0) is 4.79 Å². The van der Waals surface area contributed by atoms with E-state index in [-0.39, 0.29) is 0 Å². The lowest BCUT2D eigenvalue weighted by atomic mass is 10.3. The Labute approximate surface area is 102 Å². The number of aldehydes is 1. The van der Waals surface area contributed by atoms with Crippen LogP contribution in [0.1, 0.15) is 0 Å². The van der Waals surface area contributed by atoms with Gasteiger partial charge in [0.05, 0.1) is 5.70 Å². The van der Waals surface area contributed by atoms with Crippen molar-refractivity contribution in [3.63, 3.8) is 0 Å². The molecule has 17 heavy (non-hydrogen) atoms. The smallest absolute Gasteiger partial charge is 0.166 e. The highest BCUT2D eigenvalue weighted by molar-refractivity contribution is 5.73. The van der Waals surface area contributed by atoms with Crippen LogP contribution < -0.4 is 5.32 Å². The monoisotopic (exact) mass is 225 g/mol. The summed E-state index contributed by atoms with van der Waals surface area (Å²) in [6.07, 6.45) is 25.1. The van der Waals surface area contributed by atoms with E-state index in [9.17, 15) is 4.79 Å². The van der Waals surface area contributed by atoms with E-state index < -0.39 is 0 Å². The standard InChI is InChI=1S/C15H15NO/c17-14-15-12-10-8-6-4-2-1-3-5-7-9-11-13-16-15/h1-14,16H. The highest BCUT2D eigenvalue weighted by Crippen LogP contribution is 1.89. The Morgan fingerprint density at radius 2 is 1.18 bits per heavy atom. The van der Waals surface area contributed by atoms with E-state index in [1.54, 1.807) is 18.4 Å². The van der Waals surface area contributed by atoms with E-state index in [0.717, 1.165) is 6.29 Å². The molecule has 0 saturated carbocycles. The summed E-state index contributed by atoms with van der Waals surface area (Å²) in [6.45, 7) is 0. The zero-order chi connectivity index (χ0) is 12.2. The molecule has 0 fully saturated rings. The van der Waals surface area contributed by atoms with Crippen LogP contribution in [0.5, 0.6) is 0 Å². The molecule has 1 aliphatic rings. The van der Waals surface area contributed by atoms with Crippen molar-refractivity contribution in [1.29, 1.82) is 0 Å². The van der Waals surface area contributed by atoms with E-state index in [2.05, 4.69) is 5.32 Å². The van der Waals surface area contributed by atoms with Gasteiger partial charge >= 0.3 is 0 Å². The van der Waals surface area contributed by atoms with Crippen LogP contribution >= 0.6 is 0 Å². The third-order valence-corrected chi connectivity index (χ3v) is 1.86. The van der Waals surface area contributed by atoms with Crippen molar-refractivity contribution in [3.8, 4) is 0 Å². The van der Waals surface area contributed by atoms with Crippen molar-refractivity contribution in [2.75, 3.05) is 0 Å². The predicted molar refractivity (Wildman–Crippen MR) is 72.1 cm³/mol. The second kappa shape index (κ2) is 8.92. The van der Waals surface area contributed by atoms with Gasteiger partial charge in [-0.2, -0.15) is 0 Å². The zero-order valence-electron chi connectivity index (χ0n) is 9.49. The van der Waals surface area contributed by atoms with Crippen LogP contribution in [0.3, 0.4) is 0 Å². The quantitative estimate of drug-likeness (QED) is 0.695. The fourth-order valence-corrected chi connectivity index (χ4v) is 1.06. The number of carbonyl (C=O) groups is 1. The summed E-state index contributed by atoms with van der Waals surface area (Å²) in [5, 5.41) is 2.89. The highest BCUT2D eigenvalue weighted by Gasteiger charge is 1.85. The molecule has 86 valence electrons. The molecule has 0 atom stereocenters. The van der Waals surface area contributed by atoms with Gasteiger partial charge in [-0.15, -0.1) is 0 Å². The molecule has 1 heterocycles. The Morgan fingerprint density at radius 3 is 1.71 bits per heavy atom. The van der Waals surface area contributed by atoms with Crippen molar-refractivity contribution in [2.45, 2.75) is 0 Å². The van der Waals surface area contributed by atoms with E-state index in [0.29, 0.717) is 5.70 Å². The van der Waals surface area contributed by atoms with Gasteiger partial charge in [0.25, 0.3) is 0 Å². The van der Waals surface area contributed by atoms with Gasteiger partial charge in [0, 0.05) is 6.20 Å². The minimum Gasteiger partial charge on any atom is -0.359 e. The van der Waals surface area contributed by atoms with Crippen LogP contribution in [0.15, 0.2) is 84.8 Å². The Balaban J connectivity index is 2.80. The van der Waals surface area contributed by atoms with Crippen molar-refractivity contribution >= 4 is 6.29 Å². The topological polar surface area (TPSA) is 29.1 Å². The SMILES string of the molecule is O=CC1=CC=CC=CC=CC=CC=CC=CN1. The van der Waals surface area contributed by atoms with Gasteiger partial charge in [0.1, 0.15) is 0 Å². The average molecular weight is 225 g/mol. The summed E-state index contributed by atoms with van der Waals surface area (Å²) in [5.41, 5.74) is 0.514. The summed E-state index contributed by atoms with van der Waals surface area (Å²) in [5.74, 6) is 0. The first-order valence-electron chi connectivity index (χ1n) is 5.35. The Hall–Kier alpha value is -2.35. The van der Waals surface area contributed by atoms with E-state index >= 15 is 0 Å². The van der Waals surface area contributed by atoms with E-state index in [1.165, 1.54) is 0 Å². The Bertz CT molecular complexity index is 432. The Morgan fingerprint density at radius 1 is 0.706 bits per heavy atom. The molecule has 0 unspecified atom stereocenters. The van der Waals surface area contributed by atoms with Crippen LogP contribution in [0.4, 0.5) is 0 Å². The maximum absolute atomic E-state index is 10.7. The van der Waals surface area contributed by atoms with Gasteiger partial charge in [0.2, 0.25) is 0 Å². The first-order valence-corrected chi connectivity index (χ1v) is 5.35. The summed E-state index contributed by atoms with van der Waals surface area (Å²) in [7, 11) is 0. The molecule has 2 heteroatoms. The number of rotatable bonds is 1. The lowest BCUT2D eigenvalue weighted by Crippen LogP contribution is -2.04. The summed E-state index contributed by atoms with van der Waals surface area (Å²) in [4.78, 5) is 10.7. The largest absolute Gasteiger partial charge is 0.359 e. The molecule has 1 rings (SSSR count). The molecule has 0 spiro atoms. The average Bonchev–Trinajstić information content (AvgIpc) is 2.36. The summed E-state index contributed by atoms with van der Waals surface area (Å²) in [6, 6.07) is 0. The van der Waals surface area contributed by atoms with E-state index in [4.69, 9.17) is 0 Å². The molecule has 0 saturated heterocycles. The fraction of sp³-hybridized carbons (Fsp3) is 0. The molecule has 0 aromatic rings. The minimum absolute atomic E-state index is 0.514.